The first-order chi connectivity index (χ1) is 17.7. The van der Waals surface area contributed by atoms with Gasteiger partial charge in [0.25, 0.3) is 5.91 Å². The Labute approximate surface area is 217 Å². The first kappa shape index (κ1) is 26.1. The molecule has 0 spiro atoms. The van der Waals surface area contributed by atoms with Crippen LogP contribution in [0.2, 0.25) is 5.02 Å². The van der Waals surface area contributed by atoms with E-state index in [1.54, 1.807) is 25.1 Å². The summed E-state index contributed by atoms with van der Waals surface area (Å²) in [6.45, 7) is 0. The van der Waals surface area contributed by atoms with E-state index in [9.17, 15) is 19.2 Å². The van der Waals surface area contributed by atoms with Crippen molar-refractivity contribution >= 4 is 57.9 Å². The van der Waals surface area contributed by atoms with Crippen LogP contribution in [0.15, 0.2) is 34.9 Å². The van der Waals surface area contributed by atoms with E-state index in [1.807, 2.05) is 0 Å². The standard InChI is InChI=1S/C25H26ClN5O6/c1-31(2)24(34)14-6-4-13(5-7-14)22(32)30-20-19-17(10-9-16(28-19)25(35)36-3)37-21(20)23(33)29-18-11-8-15(26)12-27-18/h8-14H,4-7H2,1-3H3,(H,30,32)(H,27,29,33). The monoisotopic (exact) mass is 527 g/mol. The van der Waals surface area contributed by atoms with E-state index in [-0.39, 0.29) is 57.7 Å². The highest BCUT2D eigenvalue weighted by Crippen LogP contribution is 2.34. The Balaban J connectivity index is 1.62. The Kier molecular flexibility index (Phi) is 7.72. The number of pyridine rings is 2. The van der Waals surface area contributed by atoms with Crippen LogP contribution in [0.25, 0.3) is 11.1 Å². The highest BCUT2D eigenvalue weighted by molar-refractivity contribution is 6.30. The van der Waals surface area contributed by atoms with Gasteiger partial charge in [0, 0.05) is 32.1 Å². The van der Waals surface area contributed by atoms with Gasteiger partial charge < -0.3 is 24.7 Å². The summed E-state index contributed by atoms with van der Waals surface area (Å²) in [6.07, 6.45) is 3.58. The van der Waals surface area contributed by atoms with Gasteiger partial charge in [0.05, 0.1) is 12.1 Å². The molecule has 3 aromatic heterocycles. The second-order valence-electron chi connectivity index (χ2n) is 8.93. The molecule has 3 amide bonds. The van der Waals surface area contributed by atoms with E-state index in [0.29, 0.717) is 30.7 Å². The van der Waals surface area contributed by atoms with Gasteiger partial charge in [0.1, 0.15) is 22.7 Å². The third-order valence-electron chi connectivity index (χ3n) is 6.24. The highest BCUT2D eigenvalue weighted by atomic mass is 35.5. The second kappa shape index (κ2) is 11.0. The molecule has 1 aliphatic rings. The fraction of sp³-hybridized carbons (Fsp3) is 0.360. The number of nitrogens with one attached hydrogen (secondary N) is 2. The molecule has 0 aromatic carbocycles. The van der Waals surface area contributed by atoms with Crippen molar-refractivity contribution in [3.8, 4) is 0 Å². The summed E-state index contributed by atoms with van der Waals surface area (Å²) in [5.74, 6) is -2.11. The van der Waals surface area contributed by atoms with Crippen molar-refractivity contribution in [3.63, 3.8) is 0 Å². The van der Waals surface area contributed by atoms with Crippen LogP contribution >= 0.6 is 11.6 Å². The molecule has 37 heavy (non-hydrogen) atoms. The van der Waals surface area contributed by atoms with E-state index in [2.05, 4.69) is 20.6 Å². The number of carbonyl (C=O) groups excluding carboxylic acids is 4. The Hall–Kier alpha value is -3.99. The number of halogens is 1. The molecule has 0 saturated heterocycles. The zero-order chi connectivity index (χ0) is 26.7. The van der Waals surface area contributed by atoms with Crippen molar-refractivity contribution in [2.45, 2.75) is 25.7 Å². The normalized spacial score (nSPS) is 17.2. The number of aromatic nitrogens is 2. The first-order valence-corrected chi connectivity index (χ1v) is 12.0. The molecule has 2 N–H and O–H groups in total. The van der Waals surface area contributed by atoms with Gasteiger partial charge in [-0.15, -0.1) is 0 Å². The van der Waals surface area contributed by atoms with Crippen LogP contribution in [0, 0.1) is 11.8 Å². The van der Waals surface area contributed by atoms with E-state index in [4.69, 9.17) is 20.8 Å². The molecule has 3 aromatic rings. The summed E-state index contributed by atoms with van der Waals surface area (Å²) in [5, 5.41) is 5.79. The average molecular weight is 528 g/mol. The molecule has 3 heterocycles. The van der Waals surface area contributed by atoms with Crippen LogP contribution < -0.4 is 10.6 Å². The predicted octanol–water partition coefficient (Wildman–Crippen LogP) is 3.75. The number of fused-ring (bicyclic) bond motifs is 1. The van der Waals surface area contributed by atoms with Gasteiger partial charge in [0.15, 0.2) is 5.58 Å². The van der Waals surface area contributed by atoms with Crippen LogP contribution in [-0.4, -0.2) is 59.8 Å². The predicted molar refractivity (Wildman–Crippen MR) is 135 cm³/mol. The Morgan fingerprint density at radius 3 is 2.35 bits per heavy atom. The van der Waals surface area contributed by atoms with Gasteiger partial charge in [-0.1, -0.05) is 11.6 Å². The number of anilines is 2. The molecule has 0 bridgehead atoms. The summed E-state index contributed by atoms with van der Waals surface area (Å²) in [5.41, 5.74) is 0.337. The highest BCUT2D eigenvalue weighted by Gasteiger charge is 2.32. The largest absolute Gasteiger partial charge is 0.464 e. The average Bonchev–Trinajstić information content (AvgIpc) is 3.26. The lowest BCUT2D eigenvalue weighted by atomic mass is 9.81. The van der Waals surface area contributed by atoms with Crippen LogP contribution in [0.1, 0.15) is 46.7 Å². The summed E-state index contributed by atoms with van der Waals surface area (Å²) in [6, 6.07) is 5.95. The zero-order valence-electron chi connectivity index (χ0n) is 20.5. The van der Waals surface area contributed by atoms with Gasteiger partial charge in [-0.25, -0.2) is 14.8 Å². The minimum atomic E-state index is -0.680. The molecule has 11 nitrogen and oxygen atoms in total. The fourth-order valence-electron chi connectivity index (χ4n) is 4.29. The van der Waals surface area contributed by atoms with Crippen molar-refractivity contribution in [2.24, 2.45) is 11.8 Å². The molecule has 1 saturated carbocycles. The number of hydrogen-bond acceptors (Lipinski definition) is 8. The van der Waals surface area contributed by atoms with Crippen LogP contribution in [0.3, 0.4) is 0 Å². The summed E-state index contributed by atoms with van der Waals surface area (Å²) in [7, 11) is 4.65. The Morgan fingerprint density at radius 1 is 1.03 bits per heavy atom. The van der Waals surface area contributed by atoms with E-state index in [0.717, 1.165) is 0 Å². The van der Waals surface area contributed by atoms with Gasteiger partial charge in [0.2, 0.25) is 17.6 Å². The van der Waals surface area contributed by atoms with E-state index < -0.39 is 11.9 Å². The molecule has 0 atom stereocenters. The van der Waals surface area contributed by atoms with Gasteiger partial charge in [-0.3, -0.25) is 14.4 Å². The maximum absolute atomic E-state index is 13.2. The number of methoxy groups -OCH3 is 1. The maximum atomic E-state index is 13.2. The summed E-state index contributed by atoms with van der Waals surface area (Å²) in [4.78, 5) is 60.6. The molecular formula is C25H26ClN5O6. The molecule has 4 rings (SSSR count). The number of furan rings is 1. The van der Waals surface area contributed by atoms with Gasteiger partial charge >= 0.3 is 5.97 Å². The topological polar surface area (TPSA) is 144 Å². The number of hydrogen-bond donors (Lipinski definition) is 2. The Bertz CT molecular complexity index is 1350. The van der Waals surface area contributed by atoms with E-state index >= 15 is 0 Å². The van der Waals surface area contributed by atoms with Gasteiger partial charge in [-0.2, -0.15) is 0 Å². The number of nitrogens with zero attached hydrogens (tertiary/aromatic N) is 3. The van der Waals surface area contributed by atoms with Crippen LogP contribution in [0.5, 0.6) is 0 Å². The third-order valence-corrected chi connectivity index (χ3v) is 6.46. The molecule has 0 unspecified atom stereocenters. The zero-order valence-corrected chi connectivity index (χ0v) is 21.3. The molecule has 12 heteroatoms. The molecule has 1 aliphatic carbocycles. The molecule has 1 fully saturated rings. The molecular weight excluding hydrogens is 502 g/mol. The molecule has 194 valence electrons. The number of ether oxygens (including phenoxy) is 1. The number of rotatable bonds is 6. The van der Waals surface area contributed by atoms with E-state index in [1.165, 1.54) is 31.5 Å². The molecule has 0 radical (unpaired) electrons. The third kappa shape index (κ3) is 5.72. The van der Waals surface area contributed by atoms with Crippen LogP contribution in [-0.2, 0) is 14.3 Å². The first-order valence-electron chi connectivity index (χ1n) is 11.6. The lowest BCUT2D eigenvalue weighted by Gasteiger charge is -2.28. The quantitative estimate of drug-likeness (QED) is 0.461. The minimum absolute atomic E-state index is 0.0136. The smallest absolute Gasteiger partial charge is 0.356 e. The van der Waals surface area contributed by atoms with Crippen molar-refractivity contribution < 1.29 is 28.3 Å². The molecule has 0 aliphatic heterocycles. The van der Waals surface area contributed by atoms with Crippen molar-refractivity contribution in [1.29, 1.82) is 0 Å². The summed E-state index contributed by atoms with van der Waals surface area (Å²) >= 11 is 5.86. The summed E-state index contributed by atoms with van der Waals surface area (Å²) < 4.78 is 10.5. The maximum Gasteiger partial charge on any atom is 0.356 e. The Morgan fingerprint density at radius 2 is 1.73 bits per heavy atom. The van der Waals surface area contributed by atoms with Crippen molar-refractivity contribution in [3.05, 3.63) is 46.9 Å². The van der Waals surface area contributed by atoms with Crippen molar-refractivity contribution in [2.75, 3.05) is 31.8 Å². The number of carbonyl (C=O) groups is 4. The van der Waals surface area contributed by atoms with Crippen LogP contribution in [0.4, 0.5) is 11.5 Å². The van der Waals surface area contributed by atoms with Gasteiger partial charge in [-0.05, 0) is 49.9 Å². The SMILES string of the molecule is COC(=O)c1ccc2oc(C(=O)Nc3ccc(Cl)cn3)c(NC(=O)C3CCC(C(=O)N(C)C)CC3)c2n1. The number of esters is 1. The minimum Gasteiger partial charge on any atom is -0.464 e. The number of amides is 3. The van der Waals surface area contributed by atoms with Crippen molar-refractivity contribution in [1.82, 2.24) is 14.9 Å². The fourth-order valence-corrected chi connectivity index (χ4v) is 4.40. The lowest BCUT2D eigenvalue weighted by Crippen LogP contribution is -2.35. The lowest BCUT2D eigenvalue weighted by molar-refractivity contribution is -0.135. The second-order valence-corrected chi connectivity index (χ2v) is 9.36.